The number of nitrogens with zero attached hydrogens (tertiary/aromatic N) is 1. The van der Waals surface area contributed by atoms with Gasteiger partial charge in [0.05, 0.1) is 16.6 Å². The summed E-state index contributed by atoms with van der Waals surface area (Å²) in [7, 11) is 0. The van der Waals surface area contributed by atoms with Crippen LogP contribution < -0.4 is 5.32 Å². The van der Waals surface area contributed by atoms with Crippen molar-refractivity contribution >= 4 is 11.0 Å². The van der Waals surface area contributed by atoms with Crippen molar-refractivity contribution in [1.29, 1.82) is 0 Å². The summed E-state index contributed by atoms with van der Waals surface area (Å²) in [5, 5.41) is 3.33. The molecule has 1 aromatic carbocycles. The van der Waals surface area contributed by atoms with Crippen LogP contribution in [0.1, 0.15) is 24.2 Å². The van der Waals surface area contributed by atoms with Gasteiger partial charge in [-0.1, -0.05) is 0 Å². The Hall–Kier alpha value is -1.56. The van der Waals surface area contributed by atoms with Gasteiger partial charge in [-0.25, -0.2) is 4.98 Å². The standard InChI is InChI=1S/C14H16F3N3/c15-14(16,17)10-3-4-11-12(7-10)20-13(19-11)6-9-2-1-5-18-8-9/h3-4,7,9,18H,1-2,5-6,8H2,(H,19,20). The number of hydrogen-bond acceptors (Lipinski definition) is 2. The van der Waals surface area contributed by atoms with Crippen LogP contribution in [0.2, 0.25) is 0 Å². The fraction of sp³-hybridized carbons (Fsp3) is 0.500. The fourth-order valence-electron chi connectivity index (χ4n) is 2.71. The van der Waals surface area contributed by atoms with Crippen LogP contribution in [0.25, 0.3) is 11.0 Å². The largest absolute Gasteiger partial charge is 0.416 e. The number of nitrogens with one attached hydrogen (secondary N) is 2. The van der Waals surface area contributed by atoms with E-state index in [1.165, 1.54) is 6.07 Å². The molecule has 0 amide bonds. The Kier molecular flexibility index (Phi) is 3.41. The van der Waals surface area contributed by atoms with Gasteiger partial charge in [0.15, 0.2) is 0 Å². The van der Waals surface area contributed by atoms with E-state index in [1.807, 2.05) is 0 Å². The average molecular weight is 283 g/mol. The highest BCUT2D eigenvalue weighted by atomic mass is 19.4. The Morgan fingerprint density at radius 2 is 2.15 bits per heavy atom. The summed E-state index contributed by atoms with van der Waals surface area (Å²) in [6, 6.07) is 3.64. The topological polar surface area (TPSA) is 40.7 Å². The van der Waals surface area contributed by atoms with Crippen LogP contribution in [0.4, 0.5) is 13.2 Å². The van der Waals surface area contributed by atoms with Gasteiger partial charge in [0, 0.05) is 6.42 Å². The molecule has 3 nitrogen and oxygen atoms in total. The quantitative estimate of drug-likeness (QED) is 0.889. The highest BCUT2D eigenvalue weighted by Gasteiger charge is 2.30. The maximum absolute atomic E-state index is 12.7. The Labute approximate surface area is 114 Å². The molecule has 2 N–H and O–H groups in total. The van der Waals surface area contributed by atoms with E-state index in [2.05, 4.69) is 15.3 Å². The Morgan fingerprint density at radius 3 is 2.85 bits per heavy atom. The number of fused-ring (bicyclic) bond motifs is 1. The molecule has 0 bridgehead atoms. The molecule has 3 rings (SSSR count). The van der Waals surface area contributed by atoms with E-state index in [0.717, 1.165) is 50.3 Å². The van der Waals surface area contributed by atoms with Crippen LogP contribution in [0.5, 0.6) is 0 Å². The van der Waals surface area contributed by atoms with Crippen molar-refractivity contribution in [2.45, 2.75) is 25.4 Å². The molecule has 1 fully saturated rings. The summed E-state index contributed by atoms with van der Waals surface area (Å²) in [6.07, 6.45) is -1.25. The number of rotatable bonds is 2. The van der Waals surface area contributed by atoms with Gasteiger partial charge in [-0.2, -0.15) is 13.2 Å². The van der Waals surface area contributed by atoms with Crippen molar-refractivity contribution in [2.24, 2.45) is 5.92 Å². The SMILES string of the molecule is FC(F)(F)c1ccc2nc(CC3CCCNC3)[nH]c2c1. The molecule has 1 atom stereocenters. The fourth-order valence-corrected chi connectivity index (χ4v) is 2.71. The van der Waals surface area contributed by atoms with E-state index in [4.69, 9.17) is 0 Å². The first kappa shape index (κ1) is 13.4. The lowest BCUT2D eigenvalue weighted by Gasteiger charge is -2.21. The maximum Gasteiger partial charge on any atom is 0.416 e. The number of alkyl halides is 3. The number of H-pyrrole nitrogens is 1. The molecule has 1 aromatic heterocycles. The van der Waals surface area contributed by atoms with Gasteiger partial charge in [0.2, 0.25) is 0 Å². The van der Waals surface area contributed by atoms with E-state index in [0.29, 0.717) is 17.0 Å². The molecule has 0 radical (unpaired) electrons. The van der Waals surface area contributed by atoms with E-state index < -0.39 is 11.7 Å². The van der Waals surface area contributed by atoms with Crippen molar-refractivity contribution in [2.75, 3.05) is 13.1 Å². The van der Waals surface area contributed by atoms with Gasteiger partial charge in [-0.15, -0.1) is 0 Å². The zero-order chi connectivity index (χ0) is 14.2. The van der Waals surface area contributed by atoms with Crippen molar-refractivity contribution in [3.05, 3.63) is 29.6 Å². The van der Waals surface area contributed by atoms with Crippen LogP contribution in [0.15, 0.2) is 18.2 Å². The second-order valence-corrected chi connectivity index (χ2v) is 5.33. The van der Waals surface area contributed by atoms with Crippen molar-refractivity contribution in [3.63, 3.8) is 0 Å². The summed E-state index contributed by atoms with van der Waals surface area (Å²) in [5.41, 5.74) is 0.412. The summed E-state index contributed by atoms with van der Waals surface area (Å²) < 4.78 is 38.0. The molecule has 2 aromatic rings. The van der Waals surface area contributed by atoms with Gasteiger partial charge in [-0.3, -0.25) is 0 Å². The predicted octanol–water partition coefficient (Wildman–Crippen LogP) is 3.12. The number of piperidine rings is 1. The number of hydrogen-bond donors (Lipinski definition) is 2. The molecule has 0 saturated carbocycles. The van der Waals surface area contributed by atoms with Crippen LogP contribution in [-0.2, 0) is 12.6 Å². The number of benzene rings is 1. The molecule has 1 aliphatic rings. The molecule has 2 heterocycles. The minimum Gasteiger partial charge on any atom is -0.342 e. The highest BCUT2D eigenvalue weighted by molar-refractivity contribution is 5.76. The molecule has 20 heavy (non-hydrogen) atoms. The Morgan fingerprint density at radius 1 is 1.30 bits per heavy atom. The molecule has 6 heteroatoms. The van der Waals surface area contributed by atoms with Crippen molar-refractivity contribution in [1.82, 2.24) is 15.3 Å². The zero-order valence-electron chi connectivity index (χ0n) is 10.9. The van der Waals surface area contributed by atoms with Gasteiger partial charge in [-0.05, 0) is 50.0 Å². The third-order valence-electron chi connectivity index (χ3n) is 3.74. The third kappa shape index (κ3) is 2.80. The summed E-state index contributed by atoms with van der Waals surface area (Å²) in [5.74, 6) is 1.28. The molecule has 1 unspecified atom stereocenters. The van der Waals surface area contributed by atoms with Gasteiger partial charge in [0.25, 0.3) is 0 Å². The molecule has 1 saturated heterocycles. The minimum absolute atomic E-state index is 0.457. The van der Waals surface area contributed by atoms with Crippen LogP contribution in [-0.4, -0.2) is 23.1 Å². The second kappa shape index (κ2) is 5.09. The molecular formula is C14H16F3N3. The molecule has 0 spiro atoms. The Balaban J connectivity index is 1.83. The number of aromatic nitrogens is 2. The zero-order valence-corrected chi connectivity index (χ0v) is 10.9. The number of imidazole rings is 1. The third-order valence-corrected chi connectivity index (χ3v) is 3.74. The van der Waals surface area contributed by atoms with Gasteiger partial charge in [0.1, 0.15) is 5.82 Å². The first-order valence-corrected chi connectivity index (χ1v) is 6.79. The predicted molar refractivity (Wildman–Crippen MR) is 70.4 cm³/mol. The van der Waals surface area contributed by atoms with Crippen LogP contribution in [0, 0.1) is 5.92 Å². The van der Waals surface area contributed by atoms with E-state index in [9.17, 15) is 13.2 Å². The second-order valence-electron chi connectivity index (χ2n) is 5.33. The number of aromatic amines is 1. The first-order valence-electron chi connectivity index (χ1n) is 6.79. The first-order chi connectivity index (χ1) is 9.52. The average Bonchev–Trinajstić information content (AvgIpc) is 2.80. The van der Waals surface area contributed by atoms with E-state index in [1.54, 1.807) is 0 Å². The maximum atomic E-state index is 12.7. The van der Waals surface area contributed by atoms with Crippen LogP contribution >= 0.6 is 0 Å². The Bertz CT molecular complexity index is 597. The summed E-state index contributed by atoms with van der Waals surface area (Å²) >= 11 is 0. The number of halogens is 3. The van der Waals surface area contributed by atoms with Gasteiger partial charge >= 0.3 is 6.18 Å². The highest BCUT2D eigenvalue weighted by Crippen LogP contribution is 2.31. The lowest BCUT2D eigenvalue weighted by molar-refractivity contribution is -0.137. The molecular weight excluding hydrogens is 267 g/mol. The summed E-state index contributed by atoms with van der Waals surface area (Å²) in [6.45, 7) is 2.00. The normalized spacial score (nSPS) is 20.4. The smallest absolute Gasteiger partial charge is 0.342 e. The molecule has 1 aliphatic heterocycles. The monoisotopic (exact) mass is 283 g/mol. The molecule has 0 aliphatic carbocycles. The summed E-state index contributed by atoms with van der Waals surface area (Å²) in [4.78, 5) is 7.40. The van der Waals surface area contributed by atoms with Crippen molar-refractivity contribution < 1.29 is 13.2 Å². The lowest BCUT2D eigenvalue weighted by atomic mass is 9.96. The van der Waals surface area contributed by atoms with Crippen LogP contribution in [0.3, 0.4) is 0 Å². The van der Waals surface area contributed by atoms with E-state index >= 15 is 0 Å². The van der Waals surface area contributed by atoms with Crippen molar-refractivity contribution in [3.8, 4) is 0 Å². The molecule has 108 valence electrons. The van der Waals surface area contributed by atoms with E-state index in [-0.39, 0.29) is 0 Å². The lowest BCUT2D eigenvalue weighted by Crippen LogP contribution is -2.31. The minimum atomic E-state index is -4.31. The van der Waals surface area contributed by atoms with Gasteiger partial charge < -0.3 is 10.3 Å².